The summed E-state index contributed by atoms with van der Waals surface area (Å²) in [4.78, 5) is 3.23. The van der Waals surface area contributed by atoms with Crippen LogP contribution < -0.4 is 5.32 Å². The van der Waals surface area contributed by atoms with E-state index in [0.29, 0.717) is 0 Å². The van der Waals surface area contributed by atoms with Crippen molar-refractivity contribution in [3.8, 4) is 6.07 Å². The van der Waals surface area contributed by atoms with Gasteiger partial charge in [-0.15, -0.1) is 11.8 Å². The standard InChI is InChI=1S/C14H21N3S/c1-4-16-11-12-5-6-14(13(9-12)10-15)18-8-7-17(2)3/h5-6,9,16H,4,7-8,11H2,1-3H3. The maximum absolute atomic E-state index is 9.18. The van der Waals surface area contributed by atoms with Crippen LogP contribution in [0.1, 0.15) is 18.1 Å². The van der Waals surface area contributed by atoms with Crippen LogP contribution in [0.5, 0.6) is 0 Å². The minimum atomic E-state index is 0.786. The minimum absolute atomic E-state index is 0.786. The zero-order chi connectivity index (χ0) is 13.4. The maximum atomic E-state index is 9.18. The molecule has 0 fully saturated rings. The Morgan fingerprint density at radius 1 is 1.39 bits per heavy atom. The second kappa shape index (κ2) is 8.15. The number of hydrogen-bond acceptors (Lipinski definition) is 4. The predicted molar refractivity (Wildman–Crippen MR) is 77.8 cm³/mol. The van der Waals surface area contributed by atoms with E-state index in [9.17, 15) is 5.26 Å². The second-order valence-electron chi connectivity index (χ2n) is 4.37. The molecule has 18 heavy (non-hydrogen) atoms. The Labute approximate surface area is 114 Å². The summed E-state index contributed by atoms with van der Waals surface area (Å²) in [6, 6.07) is 8.43. The van der Waals surface area contributed by atoms with Gasteiger partial charge < -0.3 is 10.2 Å². The van der Waals surface area contributed by atoms with Gasteiger partial charge in [-0.05, 0) is 38.3 Å². The lowest BCUT2D eigenvalue weighted by atomic mass is 10.1. The van der Waals surface area contributed by atoms with Crippen LogP contribution in [0.2, 0.25) is 0 Å². The summed E-state index contributed by atoms with van der Waals surface area (Å²) in [5, 5.41) is 12.5. The molecule has 0 atom stereocenters. The molecule has 0 aliphatic heterocycles. The molecule has 4 heteroatoms. The summed E-state index contributed by atoms with van der Waals surface area (Å²) >= 11 is 1.75. The monoisotopic (exact) mass is 263 g/mol. The van der Waals surface area contributed by atoms with Crippen LogP contribution in [0.3, 0.4) is 0 Å². The quantitative estimate of drug-likeness (QED) is 0.766. The lowest BCUT2D eigenvalue weighted by Crippen LogP contribution is -2.14. The Balaban J connectivity index is 2.65. The molecule has 3 nitrogen and oxygen atoms in total. The average molecular weight is 263 g/mol. The van der Waals surface area contributed by atoms with E-state index in [4.69, 9.17) is 0 Å². The van der Waals surface area contributed by atoms with Gasteiger partial charge in [0, 0.05) is 23.7 Å². The van der Waals surface area contributed by atoms with Crippen molar-refractivity contribution in [2.75, 3.05) is 32.9 Å². The van der Waals surface area contributed by atoms with E-state index in [0.717, 1.165) is 35.8 Å². The zero-order valence-corrected chi connectivity index (χ0v) is 12.2. The van der Waals surface area contributed by atoms with Crippen LogP contribution in [0, 0.1) is 11.3 Å². The fourth-order valence-corrected chi connectivity index (χ4v) is 2.61. The third-order valence-electron chi connectivity index (χ3n) is 2.54. The molecule has 0 unspecified atom stereocenters. The molecule has 1 aromatic rings. The summed E-state index contributed by atoms with van der Waals surface area (Å²) in [6.45, 7) is 4.88. The Bertz CT molecular complexity index is 410. The highest BCUT2D eigenvalue weighted by Gasteiger charge is 2.04. The van der Waals surface area contributed by atoms with Crippen LogP contribution in [0.15, 0.2) is 23.1 Å². The first kappa shape index (κ1) is 15.0. The van der Waals surface area contributed by atoms with Gasteiger partial charge in [-0.2, -0.15) is 5.26 Å². The van der Waals surface area contributed by atoms with Gasteiger partial charge in [0.25, 0.3) is 0 Å². The van der Waals surface area contributed by atoms with Gasteiger partial charge in [-0.1, -0.05) is 13.0 Å². The van der Waals surface area contributed by atoms with Crippen LogP contribution in [0.4, 0.5) is 0 Å². The number of nitrogens with one attached hydrogen (secondary N) is 1. The lowest BCUT2D eigenvalue weighted by molar-refractivity contribution is 0.437. The zero-order valence-electron chi connectivity index (χ0n) is 11.4. The molecule has 0 heterocycles. The van der Waals surface area contributed by atoms with Gasteiger partial charge in [0.15, 0.2) is 0 Å². The topological polar surface area (TPSA) is 39.1 Å². The SMILES string of the molecule is CCNCc1ccc(SCCN(C)C)c(C#N)c1. The summed E-state index contributed by atoms with van der Waals surface area (Å²) in [5.41, 5.74) is 1.96. The first-order chi connectivity index (χ1) is 8.67. The van der Waals surface area contributed by atoms with Crippen molar-refractivity contribution in [1.82, 2.24) is 10.2 Å². The van der Waals surface area contributed by atoms with E-state index < -0.39 is 0 Å². The van der Waals surface area contributed by atoms with Gasteiger partial charge in [0.05, 0.1) is 5.56 Å². The summed E-state index contributed by atoms with van der Waals surface area (Å²) < 4.78 is 0. The van der Waals surface area contributed by atoms with Crippen molar-refractivity contribution in [3.63, 3.8) is 0 Å². The fourth-order valence-electron chi connectivity index (χ4n) is 1.51. The molecule has 1 rings (SSSR count). The van der Waals surface area contributed by atoms with Gasteiger partial charge in [0.2, 0.25) is 0 Å². The van der Waals surface area contributed by atoms with Crippen molar-refractivity contribution in [2.45, 2.75) is 18.4 Å². The summed E-state index contributed by atoms with van der Waals surface area (Å²) in [7, 11) is 4.12. The number of rotatable bonds is 7. The highest BCUT2D eigenvalue weighted by atomic mass is 32.2. The molecule has 0 aliphatic rings. The molecule has 0 saturated heterocycles. The van der Waals surface area contributed by atoms with E-state index in [1.807, 2.05) is 6.07 Å². The second-order valence-corrected chi connectivity index (χ2v) is 5.51. The molecule has 0 aromatic heterocycles. The van der Waals surface area contributed by atoms with Crippen LogP contribution in [0.25, 0.3) is 0 Å². The van der Waals surface area contributed by atoms with Crippen LogP contribution in [-0.2, 0) is 6.54 Å². The van der Waals surface area contributed by atoms with E-state index in [2.05, 4.69) is 49.4 Å². The smallest absolute Gasteiger partial charge is 0.100 e. The number of thioether (sulfide) groups is 1. The molecule has 0 spiro atoms. The molecule has 0 radical (unpaired) electrons. The van der Waals surface area contributed by atoms with Gasteiger partial charge in [-0.25, -0.2) is 0 Å². The van der Waals surface area contributed by atoms with Crippen molar-refractivity contribution < 1.29 is 0 Å². The Morgan fingerprint density at radius 3 is 2.78 bits per heavy atom. The van der Waals surface area contributed by atoms with E-state index in [-0.39, 0.29) is 0 Å². The molecule has 0 aliphatic carbocycles. The molecule has 98 valence electrons. The van der Waals surface area contributed by atoms with E-state index in [1.54, 1.807) is 11.8 Å². The Hall–Kier alpha value is -1.02. The minimum Gasteiger partial charge on any atom is -0.313 e. The van der Waals surface area contributed by atoms with Gasteiger partial charge in [-0.3, -0.25) is 0 Å². The largest absolute Gasteiger partial charge is 0.313 e. The molecule has 0 bridgehead atoms. The normalized spacial score (nSPS) is 10.6. The first-order valence-corrected chi connectivity index (χ1v) is 7.17. The highest BCUT2D eigenvalue weighted by Crippen LogP contribution is 2.23. The van der Waals surface area contributed by atoms with Crippen molar-refractivity contribution in [2.24, 2.45) is 0 Å². The lowest BCUT2D eigenvalue weighted by Gasteiger charge is -2.10. The van der Waals surface area contributed by atoms with Gasteiger partial charge in [0.1, 0.15) is 6.07 Å². The fraction of sp³-hybridized carbons (Fsp3) is 0.500. The van der Waals surface area contributed by atoms with Crippen molar-refractivity contribution in [3.05, 3.63) is 29.3 Å². The van der Waals surface area contributed by atoms with Gasteiger partial charge >= 0.3 is 0 Å². The number of benzene rings is 1. The highest BCUT2D eigenvalue weighted by molar-refractivity contribution is 7.99. The van der Waals surface area contributed by atoms with Crippen LogP contribution in [-0.4, -0.2) is 37.8 Å². The van der Waals surface area contributed by atoms with Crippen molar-refractivity contribution >= 4 is 11.8 Å². The molecule has 0 amide bonds. The number of hydrogen-bond donors (Lipinski definition) is 1. The summed E-state index contributed by atoms with van der Waals surface area (Å²) in [5.74, 6) is 1.01. The third-order valence-corrected chi connectivity index (χ3v) is 3.59. The first-order valence-electron chi connectivity index (χ1n) is 6.18. The molecular weight excluding hydrogens is 242 g/mol. The molecule has 0 saturated carbocycles. The van der Waals surface area contributed by atoms with Crippen molar-refractivity contribution in [1.29, 1.82) is 5.26 Å². The predicted octanol–water partition coefficient (Wildman–Crippen LogP) is 2.32. The molecular formula is C14H21N3S. The molecule has 1 aromatic carbocycles. The number of nitriles is 1. The Morgan fingerprint density at radius 2 is 2.17 bits per heavy atom. The van der Waals surface area contributed by atoms with Crippen LogP contribution >= 0.6 is 11.8 Å². The average Bonchev–Trinajstić information content (AvgIpc) is 2.36. The van der Waals surface area contributed by atoms with E-state index in [1.165, 1.54) is 5.56 Å². The summed E-state index contributed by atoms with van der Waals surface area (Å²) in [6.07, 6.45) is 0. The van der Waals surface area contributed by atoms with E-state index >= 15 is 0 Å². The maximum Gasteiger partial charge on any atom is 0.100 e. The molecule has 1 N–H and O–H groups in total. The number of nitrogens with zero attached hydrogens (tertiary/aromatic N) is 2. The third kappa shape index (κ3) is 5.09. The Kier molecular flexibility index (Phi) is 6.81.